The number of aryl methyl sites for hydroxylation is 1. The molecule has 0 aliphatic carbocycles. The quantitative estimate of drug-likeness (QED) is 0.921. The lowest BCUT2D eigenvalue weighted by Gasteiger charge is -2.27. The minimum absolute atomic E-state index is 0.225. The summed E-state index contributed by atoms with van der Waals surface area (Å²) in [7, 11) is 1.70. The van der Waals surface area contributed by atoms with E-state index in [9.17, 15) is 4.79 Å². The minimum Gasteiger partial charge on any atom is -0.378 e. The number of carbonyl (C=O) groups is 1. The Balaban J connectivity index is 1.55. The molecular formula is C16H21N5O3. The van der Waals surface area contributed by atoms with E-state index in [-0.39, 0.29) is 6.03 Å². The van der Waals surface area contributed by atoms with Gasteiger partial charge in [-0.2, -0.15) is 0 Å². The molecule has 0 radical (unpaired) electrons. The highest BCUT2D eigenvalue weighted by Gasteiger charge is 2.14. The van der Waals surface area contributed by atoms with Crippen LogP contribution in [0.4, 0.5) is 16.3 Å². The number of ether oxygens (including phenoxy) is 1. The van der Waals surface area contributed by atoms with Crippen molar-refractivity contribution in [3.63, 3.8) is 0 Å². The third-order valence-electron chi connectivity index (χ3n) is 3.76. The summed E-state index contributed by atoms with van der Waals surface area (Å²) in [5.41, 5.74) is 1.37. The van der Waals surface area contributed by atoms with Crippen LogP contribution in [-0.2, 0) is 11.3 Å². The van der Waals surface area contributed by atoms with Crippen LogP contribution in [-0.4, -0.2) is 54.4 Å². The Bertz CT molecular complexity index is 679. The molecule has 0 bridgehead atoms. The minimum atomic E-state index is -0.225. The van der Waals surface area contributed by atoms with E-state index in [1.54, 1.807) is 13.2 Å². The highest BCUT2D eigenvalue weighted by molar-refractivity contribution is 5.89. The molecule has 2 aromatic heterocycles. The van der Waals surface area contributed by atoms with E-state index in [0.717, 1.165) is 24.7 Å². The van der Waals surface area contributed by atoms with Crippen LogP contribution < -0.4 is 10.2 Å². The number of pyridine rings is 1. The second-order valence-electron chi connectivity index (χ2n) is 5.72. The average Bonchev–Trinajstić information content (AvgIpc) is 3.01. The molecule has 1 aliphatic rings. The van der Waals surface area contributed by atoms with Crippen LogP contribution in [0.25, 0.3) is 0 Å². The van der Waals surface area contributed by atoms with E-state index in [4.69, 9.17) is 9.26 Å². The molecule has 3 heterocycles. The molecule has 2 amide bonds. The summed E-state index contributed by atoms with van der Waals surface area (Å²) in [6, 6.07) is 5.34. The average molecular weight is 331 g/mol. The first-order chi connectivity index (χ1) is 11.6. The third-order valence-corrected chi connectivity index (χ3v) is 3.76. The molecule has 1 saturated heterocycles. The maximum absolute atomic E-state index is 12.2. The van der Waals surface area contributed by atoms with Crippen molar-refractivity contribution < 1.29 is 14.1 Å². The van der Waals surface area contributed by atoms with Crippen LogP contribution >= 0.6 is 0 Å². The molecule has 0 spiro atoms. The van der Waals surface area contributed by atoms with E-state index in [2.05, 4.69) is 20.4 Å². The zero-order chi connectivity index (χ0) is 16.9. The molecule has 0 aromatic carbocycles. The van der Waals surface area contributed by atoms with Crippen LogP contribution in [0.1, 0.15) is 11.5 Å². The second kappa shape index (κ2) is 7.31. The second-order valence-corrected chi connectivity index (χ2v) is 5.72. The Hall–Kier alpha value is -2.61. The van der Waals surface area contributed by atoms with Crippen molar-refractivity contribution in [2.24, 2.45) is 0 Å². The number of amides is 2. The molecule has 3 rings (SSSR count). The van der Waals surface area contributed by atoms with Crippen LogP contribution in [0, 0.1) is 6.92 Å². The molecular weight excluding hydrogens is 310 g/mol. The van der Waals surface area contributed by atoms with Gasteiger partial charge in [0.15, 0.2) is 0 Å². The van der Waals surface area contributed by atoms with Crippen LogP contribution in [0.3, 0.4) is 0 Å². The monoisotopic (exact) mass is 331 g/mol. The molecule has 1 fully saturated rings. The smallest absolute Gasteiger partial charge is 0.321 e. The van der Waals surface area contributed by atoms with Crippen LogP contribution in [0.5, 0.6) is 0 Å². The lowest BCUT2D eigenvalue weighted by molar-refractivity contribution is 0.122. The summed E-state index contributed by atoms with van der Waals surface area (Å²) in [5, 5.41) is 6.71. The molecule has 0 saturated carbocycles. The zero-order valence-electron chi connectivity index (χ0n) is 13.9. The van der Waals surface area contributed by atoms with Crippen molar-refractivity contribution in [1.82, 2.24) is 15.0 Å². The molecule has 8 nitrogen and oxygen atoms in total. The predicted octanol–water partition coefficient (Wildman–Crippen LogP) is 1.88. The fourth-order valence-corrected chi connectivity index (χ4v) is 2.47. The largest absolute Gasteiger partial charge is 0.378 e. The molecule has 0 atom stereocenters. The number of nitrogens with one attached hydrogen (secondary N) is 1. The molecule has 1 N–H and O–H groups in total. The van der Waals surface area contributed by atoms with Crippen molar-refractivity contribution in [3.8, 4) is 0 Å². The number of hydrogen-bond donors (Lipinski definition) is 1. The summed E-state index contributed by atoms with van der Waals surface area (Å²) < 4.78 is 10.3. The Morgan fingerprint density at radius 2 is 2.17 bits per heavy atom. The van der Waals surface area contributed by atoms with Gasteiger partial charge in [-0.05, 0) is 19.1 Å². The summed E-state index contributed by atoms with van der Waals surface area (Å²) in [5.74, 6) is 1.62. The Morgan fingerprint density at radius 3 is 2.79 bits per heavy atom. The van der Waals surface area contributed by atoms with E-state index < -0.39 is 0 Å². The number of nitrogens with zero attached hydrogens (tertiary/aromatic N) is 4. The van der Waals surface area contributed by atoms with E-state index >= 15 is 0 Å². The van der Waals surface area contributed by atoms with Gasteiger partial charge in [0, 0.05) is 26.2 Å². The van der Waals surface area contributed by atoms with Crippen LogP contribution in [0.15, 0.2) is 28.9 Å². The van der Waals surface area contributed by atoms with Crippen molar-refractivity contribution in [1.29, 1.82) is 0 Å². The summed E-state index contributed by atoms with van der Waals surface area (Å²) in [4.78, 5) is 20.3. The molecule has 1 aliphatic heterocycles. The lowest BCUT2D eigenvalue weighted by Crippen LogP contribution is -2.36. The molecule has 8 heteroatoms. The molecule has 2 aromatic rings. The molecule has 128 valence electrons. The number of anilines is 2. The van der Waals surface area contributed by atoms with Gasteiger partial charge in [0.1, 0.15) is 17.3 Å². The van der Waals surface area contributed by atoms with E-state index in [1.807, 2.05) is 25.1 Å². The van der Waals surface area contributed by atoms with Crippen LogP contribution in [0.2, 0.25) is 0 Å². The number of rotatable bonds is 4. The number of aromatic nitrogens is 2. The topological polar surface area (TPSA) is 83.7 Å². The van der Waals surface area contributed by atoms with Gasteiger partial charge < -0.3 is 24.4 Å². The lowest BCUT2D eigenvalue weighted by atomic mass is 10.3. The van der Waals surface area contributed by atoms with Crippen molar-refractivity contribution >= 4 is 17.5 Å². The van der Waals surface area contributed by atoms with Crippen molar-refractivity contribution in [3.05, 3.63) is 35.9 Å². The van der Waals surface area contributed by atoms with Crippen molar-refractivity contribution in [2.45, 2.75) is 13.5 Å². The number of carbonyl (C=O) groups excluding carboxylic acids is 1. The predicted molar refractivity (Wildman–Crippen MR) is 89.0 cm³/mol. The van der Waals surface area contributed by atoms with Crippen molar-refractivity contribution in [2.75, 3.05) is 43.6 Å². The Morgan fingerprint density at radius 1 is 1.38 bits per heavy atom. The van der Waals surface area contributed by atoms with Gasteiger partial charge >= 0.3 is 6.03 Å². The fraction of sp³-hybridized carbons (Fsp3) is 0.438. The maximum atomic E-state index is 12.2. The first-order valence-corrected chi connectivity index (χ1v) is 7.85. The first kappa shape index (κ1) is 16.3. The fourth-order valence-electron chi connectivity index (χ4n) is 2.47. The van der Waals surface area contributed by atoms with Gasteiger partial charge in [-0.25, -0.2) is 9.78 Å². The SMILES string of the molecule is Cc1cc(CN(C)C(=O)Nc2ccc(N3CCOCC3)nc2)no1. The number of hydrogen-bond acceptors (Lipinski definition) is 6. The van der Waals surface area contributed by atoms with Gasteiger partial charge in [-0.3, -0.25) is 0 Å². The Kier molecular flexibility index (Phi) is 4.95. The maximum Gasteiger partial charge on any atom is 0.321 e. The Labute approximate surface area is 140 Å². The number of urea groups is 1. The normalized spacial score (nSPS) is 14.5. The first-order valence-electron chi connectivity index (χ1n) is 7.85. The van der Waals surface area contributed by atoms with E-state index in [1.165, 1.54) is 4.90 Å². The van der Waals surface area contributed by atoms with Gasteiger partial charge in [0.2, 0.25) is 0 Å². The highest BCUT2D eigenvalue weighted by atomic mass is 16.5. The standard InChI is InChI=1S/C16H21N5O3/c1-12-9-14(19-24-12)11-20(2)16(22)18-13-3-4-15(17-10-13)21-5-7-23-8-6-21/h3-4,9-10H,5-8,11H2,1-2H3,(H,18,22). The van der Waals surface area contributed by atoms with E-state index in [0.29, 0.717) is 31.1 Å². The van der Waals surface area contributed by atoms with Gasteiger partial charge in [-0.1, -0.05) is 5.16 Å². The molecule has 0 unspecified atom stereocenters. The molecule has 24 heavy (non-hydrogen) atoms. The highest BCUT2D eigenvalue weighted by Crippen LogP contribution is 2.16. The van der Waals surface area contributed by atoms with Gasteiger partial charge in [-0.15, -0.1) is 0 Å². The summed E-state index contributed by atoms with van der Waals surface area (Å²) in [6.07, 6.45) is 1.66. The summed E-state index contributed by atoms with van der Waals surface area (Å²) >= 11 is 0. The zero-order valence-corrected chi connectivity index (χ0v) is 13.9. The summed E-state index contributed by atoms with van der Waals surface area (Å²) in [6.45, 7) is 5.29. The van der Waals surface area contributed by atoms with Gasteiger partial charge in [0.05, 0.1) is 31.6 Å². The number of morpholine rings is 1. The van der Waals surface area contributed by atoms with Gasteiger partial charge in [0.25, 0.3) is 0 Å². The third kappa shape index (κ3) is 4.02.